The normalized spacial score (nSPS) is 10.7. The lowest BCUT2D eigenvalue weighted by atomic mass is 9.97. The molecule has 0 saturated heterocycles. The predicted molar refractivity (Wildman–Crippen MR) is 75.5 cm³/mol. The first-order valence-electron chi connectivity index (χ1n) is 5.99. The Kier molecular flexibility index (Phi) is 3.62. The molecular weight excluding hydrogens is 242 g/mol. The molecule has 0 spiro atoms. The zero-order valence-electron chi connectivity index (χ0n) is 11.2. The van der Waals surface area contributed by atoms with E-state index < -0.39 is 0 Å². The maximum absolute atomic E-state index is 12.3. The molecule has 0 aliphatic heterocycles. The van der Waals surface area contributed by atoms with Gasteiger partial charge in [0.2, 0.25) is 0 Å². The van der Waals surface area contributed by atoms with Crippen LogP contribution in [0.3, 0.4) is 0 Å². The number of nitrogens with zero attached hydrogens (tertiary/aromatic N) is 1. The van der Waals surface area contributed by atoms with Crippen molar-refractivity contribution in [3.8, 4) is 0 Å². The lowest BCUT2D eigenvalue weighted by molar-refractivity contribution is 0.0992. The van der Waals surface area contributed by atoms with Gasteiger partial charge in [0, 0.05) is 16.6 Å². The molecule has 0 amide bonds. The van der Waals surface area contributed by atoms with Gasteiger partial charge in [-0.3, -0.25) is 4.79 Å². The molecule has 2 rings (SSSR count). The monoisotopic (exact) mass is 259 g/mol. The minimum atomic E-state index is 0.157. The van der Waals surface area contributed by atoms with Gasteiger partial charge in [-0.2, -0.15) is 0 Å². The molecule has 0 aliphatic rings. The van der Waals surface area contributed by atoms with Gasteiger partial charge in [0.05, 0.1) is 6.42 Å². The van der Waals surface area contributed by atoms with E-state index in [4.69, 9.17) is 0 Å². The fourth-order valence-electron chi connectivity index (χ4n) is 1.98. The first-order chi connectivity index (χ1) is 8.47. The average molecular weight is 259 g/mol. The van der Waals surface area contributed by atoms with Crippen molar-refractivity contribution in [1.29, 1.82) is 0 Å². The van der Waals surface area contributed by atoms with Crippen molar-refractivity contribution < 1.29 is 4.79 Å². The third-order valence-corrected chi connectivity index (χ3v) is 4.09. The van der Waals surface area contributed by atoms with Crippen molar-refractivity contribution in [3.63, 3.8) is 0 Å². The van der Waals surface area contributed by atoms with Crippen LogP contribution in [-0.2, 0) is 6.42 Å². The standard InChI is InChI=1S/C15H17NOS/c1-9-5-11(3)13(6-10(9)2)14(17)7-15-16-12(4)8-18-15/h5-6,8H,7H2,1-4H3. The van der Waals surface area contributed by atoms with E-state index in [9.17, 15) is 4.79 Å². The Labute approximate surface area is 112 Å². The van der Waals surface area contributed by atoms with E-state index in [-0.39, 0.29) is 5.78 Å². The molecule has 0 radical (unpaired) electrons. The molecule has 18 heavy (non-hydrogen) atoms. The Hall–Kier alpha value is -1.48. The van der Waals surface area contributed by atoms with E-state index >= 15 is 0 Å². The van der Waals surface area contributed by atoms with Crippen LogP contribution in [0.25, 0.3) is 0 Å². The highest BCUT2D eigenvalue weighted by Crippen LogP contribution is 2.18. The number of rotatable bonds is 3. The Bertz CT molecular complexity index is 599. The molecule has 3 heteroatoms. The summed E-state index contributed by atoms with van der Waals surface area (Å²) in [5.41, 5.74) is 5.26. The lowest BCUT2D eigenvalue weighted by Crippen LogP contribution is -2.06. The van der Waals surface area contributed by atoms with Crippen molar-refractivity contribution in [2.75, 3.05) is 0 Å². The second kappa shape index (κ2) is 5.02. The lowest BCUT2D eigenvalue weighted by Gasteiger charge is -2.08. The molecule has 1 aromatic heterocycles. The van der Waals surface area contributed by atoms with Gasteiger partial charge in [-0.15, -0.1) is 11.3 Å². The summed E-state index contributed by atoms with van der Waals surface area (Å²) in [5.74, 6) is 0.157. The predicted octanol–water partition coefficient (Wildman–Crippen LogP) is 3.80. The molecule has 0 fully saturated rings. The highest BCUT2D eigenvalue weighted by atomic mass is 32.1. The Morgan fingerprint density at radius 2 is 1.78 bits per heavy atom. The largest absolute Gasteiger partial charge is 0.294 e. The number of carbonyl (C=O) groups excluding carboxylic acids is 1. The van der Waals surface area contributed by atoms with Gasteiger partial charge in [0.1, 0.15) is 5.01 Å². The smallest absolute Gasteiger partial charge is 0.169 e. The van der Waals surface area contributed by atoms with Crippen LogP contribution in [0.15, 0.2) is 17.5 Å². The van der Waals surface area contributed by atoms with Gasteiger partial charge in [-0.1, -0.05) is 6.07 Å². The van der Waals surface area contributed by atoms with Crippen molar-refractivity contribution in [2.45, 2.75) is 34.1 Å². The number of ketones is 1. The van der Waals surface area contributed by atoms with E-state index in [0.717, 1.165) is 21.8 Å². The Morgan fingerprint density at radius 3 is 2.39 bits per heavy atom. The van der Waals surface area contributed by atoms with Crippen molar-refractivity contribution >= 4 is 17.1 Å². The van der Waals surface area contributed by atoms with E-state index in [0.29, 0.717) is 6.42 Å². The topological polar surface area (TPSA) is 30.0 Å². The van der Waals surface area contributed by atoms with Crippen molar-refractivity contribution in [2.24, 2.45) is 0 Å². The molecular formula is C15H17NOS. The van der Waals surface area contributed by atoms with Crippen LogP contribution in [0, 0.1) is 27.7 Å². The molecule has 1 aromatic carbocycles. The third kappa shape index (κ3) is 2.67. The van der Waals surface area contributed by atoms with Crippen LogP contribution in [0.2, 0.25) is 0 Å². The molecule has 0 saturated carbocycles. The second-order valence-corrected chi connectivity index (χ2v) is 5.68. The fraction of sp³-hybridized carbons (Fsp3) is 0.333. The summed E-state index contributed by atoms with van der Waals surface area (Å²) in [7, 11) is 0. The summed E-state index contributed by atoms with van der Waals surface area (Å²) in [6.07, 6.45) is 0.405. The van der Waals surface area contributed by atoms with Crippen LogP contribution in [0.5, 0.6) is 0 Å². The van der Waals surface area contributed by atoms with Crippen LogP contribution in [-0.4, -0.2) is 10.8 Å². The summed E-state index contributed by atoms with van der Waals surface area (Å²) < 4.78 is 0. The third-order valence-electron chi connectivity index (χ3n) is 3.12. The van der Waals surface area contributed by atoms with Gasteiger partial charge >= 0.3 is 0 Å². The van der Waals surface area contributed by atoms with E-state index in [2.05, 4.69) is 18.0 Å². The highest BCUT2D eigenvalue weighted by Gasteiger charge is 2.13. The number of Topliss-reactive ketones (excluding diaryl/α,β-unsaturated/α-hetero) is 1. The van der Waals surface area contributed by atoms with Gasteiger partial charge in [0.25, 0.3) is 0 Å². The number of hydrogen-bond acceptors (Lipinski definition) is 3. The van der Waals surface area contributed by atoms with Gasteiger partial charge < -0.3 is 0 Å². The van der Waals surface area contributed by atoms with E-state index in [1.165, 1.54) is 11.1 Å². The average Bonchev–Trinajstić information content (AvgIpc) is 2.69. The first-order valence-corrected chi connectivity index (χ1v) is 6.87. The Balaban J connectivity index is 2.26. The fourth-order valence-corrected chi connectivity index (χ4v) is 2.75. The summed E-state index contributed by atoms with van der Waals surface area (Å²) in [5, 5.41) is 2.88. The maximum Gasteiger partial charge on any atom is 0.169 e. The molecule has 2 nitrogen and oxygen atoms in total. The zero-order valence-corrected chi connectivity index (χ0v) is 12.0. The van der Waals surface area contributed by atoms with Crippen LogP contribution in [0.4, 0.5) is 0 Å². The molecule has 94 valence electrons. The molecule has 0 atom stereocenters. The number of aromatic nitrogens is 1. The molecule has 0 unspecified atom stereocenters. The molecule has 0 bridgehead atoms. The SMILES string of the molecule is Cc1csc(CC(=O)c2cc(C)c(C)cc2C)n1. The zero-order chi connectivity index (χ0) is 13.3. The quantitative estimate of drug-likeness (QED) is 0.785. The van der Waals surface area contributed by atoms with Gasteiger partial charge in [-0.25, -0.2) is 4.98 Å². The molecule has 0 aliphatic carbocycles. The summed E-state index contributed by atoms with van der Waals surface area (Å²) in [4.78, 5) is 16.6. The number of hydrogen-bond donors (Lipinski definition) is 0. The molecule has 0 N–H and O–H groups in total. The minimum absolute atomic E-state index is 0.157. The minimum Gasteiger partial charge on any atom is -0.294 e. The van der Waals surface area contributed by atoms with Crippen LogP contribution >= 0.6 is 11.3 Å². The van der Waals surface area contributed by atoms with Crippen LogP contribution < -0.4 is 0 Å². The van der Waals surface area contributed by atoms with Crippen LogP contribution in [0.1, 0.15) is 37.7 Å². The van der Waals surface area contributed by atoms with Crippen molar-refractivity contribution in [3.05, 3.63) is 50.5 Å². The first kappa shape index (κ1) is 13.0. The number of aryl methyl sites for hydroxylation is 4. The summed E-state index contributed by atoms with van der Waals surface area (Å²) in [6, 6.07) is 4.07. The van der Waals surface area contributed by atoms with Crippen molar-refractivity contribution in [1.82, 2.24) is 4.98 Å². The highest BCUT2D eigenvalue weighted by molar-refractivity contribution is 7.09. The van der Waals surface area contributed by atoms with E-state index in [1.54, 1.807) is 11.3 Å². The summed E-state index contributed by atoms with van der Waals surface area (Å²) in [6.45, 7) is 8.05. The molecule has 2 aromatic rings. The number of thiazole rings is 1. The summed E-state index contributed by atoms with van der Waals surface area (Å²) >= 11 is 1.55. The van der Waals surface area contributed by atoms with Gasteiger partial charge in [0.15, 0.2) is 5.78 Å². The Morgan fingerprint density at radius 1 is 1.11 bits per heavy atom. The molecule has 1 heterocycles. The maximum atomic E-state index is 12.3. The number of carbonyl (C=O) groups is 1. The van der Waals surface area contributed by atoms with Gasteiger partial charge in [-0.05, 0) is 50.5 Å². The van der Waals surface area contributed by atoms with E-state index in [1.807, 2.05) is 32.2 Å². The number of benzene rings is 1. The second-order valence-electron chi connectivity index (χ2n) is 4.73.